The van der Waals surface area contributed by atoms with E-state index in [4.69, 9.17) is 0 Å². The number of thiazole rings is 1. The molecule has 0 aliphatic rings. The Bertz CT molecular complexity index is 577. The third-order valence-electron chi connectivity index (χ3n) is 3.23. The zero-order chi connectivity index (χ0) is 14.8. The van der Waals surface area contributed by atoms with E-state index in [2.05, 4.69) is 27.2 Å². The summed E-state index contributed by atoms with van der Waals surface area (Å²) >= 11 is 1.41. The van der Waals surface area contributed by atoms with Crippen LogP contribution in [0.5, 0.6) is 0 Å². The molecule has 0 aromatic carbocycles. The van der Waals surface area contributed by atoms with Crippen LogP contribution in [0.15, 0.2) is 17.8 Å². The molecule has 0 fully saturated rings. The molecule has 0 saturated heterocycles. The van der Waals surface area contributed by atoms with Crippen molar-refractivity contribution < 1.29 is 9.90 Å². The van der Waals surface area contributed by atoms with Gasteiger partial charge in [0.1, 0.15) is 11.2 Å². The summed E-state index contributed by atoms with van der Waals surface area (Å²) in [5, 5.41) is 15.0. The minimum Gasteiger partial charge on any atom is -0.481 e. The number of aromatic nitrogens is 3. The summed E-state index contributed by atoms with van der Waals surface area (Å²) in [6.07, 6.45) is 4.34. The number of carboxylic acids is 1. The smallest absolute Gasteiger partial charge is 0.315 e. The Kier molecular flexibility index (Phi) is 4.08. The molecular formula is C13H18N4O2S. The van der Waals surface area contributed by atoms with Crippen molar-refractivity contribution in [3.8, 4) is 0 Å². The van der Waals surface area contributed by atoms with Gasteiger partial charge in [0.2, 0.25) is 0 Å². The van der Waals surface area contributed by atoms with Gasteiger partial charge in [0.05, 0.1) is 11.7 Å². The lowest BCUT2D eigenvalue weighted by Gasteiger charge is -2.16. The molecule has 7 heteroatoms. The molecule has 0 aliphatic carbocycles. The molecule has 0 amide bonds. The van der Waals surface area contributed by atoms with Crippen LogP contribution in [0.4, 0.5) is 5.13 Å². The summed E-state index contributed by atoms with van der Waals surface area (Å²) in [6.45, 7) is 5.35. The highest BCUT2D eigenvalue weighted by Gasteiger charge is 2.32. The predicted octanol–water partition coefficient (Wildman–Crippen LogP) is 2.79. The second-order valence-corrected chi connectivity index (χ2v) is 5.91. The standard InChI is InChI=1S/C13H18N4O2S/c1-4-8(10-14-5-6-15-10)16-12-17-9(7-20-12)13(2,3)11(18)19/h5-8H,4H2,1-3H3,(H,14,15)(H,16,17)(H,18,19). The summed E-state index contributed by atoms with van der Waals surface area (Å²) < 4.78 is 0. The molecule has 20 heavy (non-hydrogen) atoms. The molecule has 2 rings (SSSR count). The number of hydrogen-bond donors (Lipinski definition) is 3. The highest BCUT2D eigenvalue weighted by Crippen LogP contribution is 2.29. The van der Waals surface area contributed by atoms with Crippen LogP contribution in [-0.2, 0) is 10.2 Å². The quantitative estimate of drug-likeness (QED) is 0.762. The van der Waals surface area contributed by atoms with Gasteiger partial charge in [-0.3, -0.25) is 4.79 Å². The first kappa shape index (κ1) is 14.5. The molecule has 3 N–H and O–H groups in total. The van der Waals surface area contributed by atoms with Gasteiger partial charge < -0.3 is 15.4 Å². The first-order chi connectivity index (χ1) is 9.45. The fourth-order valence-corrected chi connectivity index (χ4v) is 2.65. The van der Waals surface area contributed by atoms with Gasteiger partial charge in [-0.15, -0.1) is 11.3 Å². The fourth-order valence-electron chi connectivity index (χ4n) is 1.72. The lowest BCUT2D eigenvalue weighted by Crippen LogP contribution is -2.28. The molecule has 108 valence electrons. The fraction of sp³-hybridized carbons (Fsp3) is 0.462. The number of carbonyl (C=O) groups is 1. The Morgan fingerprint density at radius 1 is 1.60 bits per heavy atom. The third kappa shape index (κ3) is 2.82. The van der Waals surface area contributed by atoms with Gasteiger partial charge >= 0.3 is 5.97 Å². The molecule has 0 aliphatic heterocycles. The first-order valence-corrected chi connectivity index (χ1v) is 7.28. The monoisotopic (exact) mass is 294 g/mol. The lowest BCUT2D eigenvalue weighted by molar-refractivity contribution is -0.142. The molecule has 2 aromatic heterocycles. The number of H-pyrrole nitrogens is 1. The van der Waals surface area contributed by atoms with E-state index in [9.17, 15) is 9.90 Å². The Hall–Kier alpha value is -1.89. The molecule has 1 atom stereocenters. The normalized spacial score (nSPS) is 13.2. The Morgan fingerprint density at radius 3 is 2.90 bits per heavy atom. The number of imidazole rings is 1. The van der Waals surface area contributed by atoms with Crippen molar-refractivity contribution in [2.45, 2.75) is 38.6 Å². The van der Waals surface area contributed by atoms with Crippen LogP contribution in [0.3, 0.4) is 0 Å². The summed E-state index contributed by atoms with van der Waals surface area (Å²) in [4.78, 5) is 22.9. The number of carboxylic acid groups (broad SMARTS) is 1. The van der Waals surface area contributed by atoms with Crippen molar-refractivity contribution in [3.63, 3.8) is 0 Å². The SMILES string of the molecule is CCC(Nc1nc(C(C)(C)C(=O)O)cs1)c1ncc[nH]1. The van der Waals surface area contributed by atoms with E-state index in [1.165, 1.54) is 11.3 Å². The number of hydrogen-bond acceptors (Lipinski definition) is 5. The zero-order valence-corrected chi connectivity index (χ0v) is 12.5. The summed E-state index contributed by atoms with van der Waals surface area (Å²) in [7, 11) is 0. The van der Waals surface area contributed by atoms with Gasteiger partial charge in [0.15, 0.2) is 5.13 Å². The van der Waals surface area contributed by atoms with Gasteiger partial charge in [0.25, 0.3) is 0 Å². The van der Waals surface area contributed by atoms with Crippen LogP contribution < -0.4 is 5.32 Å². The van der Waals surface area contributed by atoms with E-state index < -0.39 is 11.4 Å². The highest BCUT2D eigenvalue weighted by molar-refractivity contribution is 7.13. The Balaban J connectivity index is 2.15. The zero-order valence-electron chi connectivity index (χ0n) is 11.7. The molecule has 2 aromatic rings. The van der Waals surface area contributed by atoms with Crippen molar-refractivity contribution >= 4 is 22.4 Å². The maximum atomic E-state index is 11.2. The predicted molar refractivity (Wildman–Crippen MR) is 78.0 cm³/mol. The number of anilines is 1. The van der Waals surface area contributed by atoms with Crippen LogP contribution in [-0.4, -0.2) is 26.0 Å². The third-order valence-corrected chi connectivity index (χ3v) is 4.01. The van der Waals surface area contributed by atoms with E-state index in [0.29, 0.717) is 10.8 Å². The van der Waals surface area contributed by atoms with Crippen molar-refractivity contribution in [2.75, 3.05) is 5.32 Å². The molecule has 0 radical (unpaired) electrons. The number of nitrogens with zero attached hydrogens (tertiary/aromatic N) is 2. The summed E-state index contributed by atoms with van der Waals surface area (Å²) in [5.41, 5.74) is -0.421. The first-order valence-electron chi connectivity index (χ1n) is 6.40. The minimum atomic E-state index is -0.983. The summed E-state index contributed by atoms with van der Waals surface area (Å²) in [6, 6.07) is 0.0388. The molecular weight excluding hydrogens is 276 g/mol. The average molecular weight is 294 g/mol. The van der Waals surface area contributed by atoms with E-state index in [1.807, 2.05) is 0 Å². The minimum absolute atomic E-state index is 0.0388. The van der Waals surface area contributed by atoms with Crippen molar-refractivity contribution in [2.24, 2.45) is 0 Å². The number of nitrogens with one attached hydrogen (secondary N) is 2. The molecule has 1 unspecified atom stereocenters. The van der Waals surface area contributed by atoms with Crippen LogP contribution >= 0.6 is 11.3 Å². The average Bonchev–Trinajstić information content (AvgIpc) is 3.07. The number of aromatic amines is 1. The molecule has 2 heterocycles. The number of aliphatic carboxylic acids is 1. The van der Waals surface area contributed by atoms with Crippen molar-refractivity contribution in [3.05, 3.63) is 29.3 Å². The second-order valence-electron chi connectivity index (χ2n) is 5.05. The number of rotatable bonds is 6. The van der Waals surface area contributed by atoms with Crippen molar-refractivity contribution in [1.82, 2.24) is 15.0 Å². The molecule has 0 spiro atoms. The van der Waals surface area contributed by atoms with Crippen LogP contribution in [0, 0.1) is 0 Å². The van der Waals surface area contributed by atoms with E-state index >= 15 is 0 Å². The molecule has 0 bridgehead atoms. The summed E-state index contributed by atoms with van der Waals surface area (Å²) in [5.74, 6) is -0.0332. The van der Waals surface area contributed by atoms with Gasteiger partial charge in [0, 0.05) is 17.8 Å². The van der Waals surface area contributed by atoms with E-state index in [1.54, 1.807) is 31.6 Å². The largest absolute Gasteiger partial charge is 0.481 e. The Morgan fingerprint density at radius 2 is 2.35 bits per heavy atom. The maximum Gasteiger partial charge on any atom is 0.315 e. The van der Waals surface area contributed by atoms with Gasteiger partial charge in [-0.05, 0) is 20.3 Å². The van der Waals surface area contributed by atoms with Gasteiger partial charge in [-0.2, -0.15) is 0 Å². The molecule has 0 saturated carbocycles. The van der Waals surface area contributed by atoms with Crippen LogP contribution in [0.2, 0.25) is 0 Å². The van der Waals surface area contributed by atoms with E-state index in [0.717, 1.165) is 12.2 Å². The molecule has 6 nitrogen and oxygen atoms in total. The second kappa shape index (κ2) is 5.62. The van der Waals surface area contributed by atoms with Crippen LogP contribution in [0.1, 0.15) is 44.8 Å². The van der Waals surface area contributed by atoms with E-state index in [-0.39, 0.29) is 6.04 Å². The van der Waals surface area contributed by atoms with Gasteiger partial charge in [-0.25, -0.2) is 9.97 Å². The topological polar surface area (TPSA) is 90.9 Å². The van der Waals surface area contributed by atoms with Crippen LogP contribution in [0.25, 0.3) is 0 Å². The van der Waals surface area contributed by atoms with Gasteiger partial charge in [-0.1, -0.05) is 6.92 Å². The maximum absolute atomic E-state index is 11.2. The lowest BCUT2D eigenvalue weighted by atomic mass is 9.90. The highest BCUT2D eigenvalue weighted by atomic mass is 32.1. The Labute approximate surface area is 121 Å². The van der Waals surface area contributed by atoms with Crippen molar-refractivity contribution in [1.29, 1.82) is 0 Å².